The van der Waals surface area contributed by atoms with Gasteiger partial charge in [-0.2, -0.15) is 0 Å². The monoisotopic (exact) mass is 377 g/mol. The van der Waals surface area contributed by atoms with Crippen molar-refractivity contribution in [2.24, 2.45) is 23.2 Å². The normalized spacial score (nSPS) is 33.9. The topological polar surface area (TPSA) is 53.1 Å². The van der Waals surface area contributed by atoms with E-state index in [0.29, 0.717) is 41.8 Å². The predicted molar refractivity (Wildman–Crippen MR) is 103 cm³/mol. The van der Waals surface area contributed by atoms with Gasteiger partial charge in [0.05, 0.1) is 6.61 Å². The Labute approximate surface area is 163 Å². The number of ether oxygens (including phenoxy) is 1. The maximum Gasteiger partial charge on any atom is 0.409 e. The molecule has 6 heteroatoms. The van der Waals surface area contributed by atoms with E-state index in [0.717, 1.165) is 32.7 Å². The van der Waals surface area contributed by atoms with Gasteiger partial charge in [0.1, 0.15) is 0 Å². The fourth-order valence-electron chi connectivity index (χ4n) is 6.07. The van der Waals surface area contributed by atoms with E-state index in [1.807, 2.05) is 16.7 Å². The van der Waals surface area contributed by atoms with E-state index in [4.69, 9.17) is 4.74 Å². The van der Waals surface area contributed by atoms with Crippen LogP contribution in [0.2, 0.25) is 0 Å². The lowest BCUT2D eigenvalue weighted by Crippen LogP contribution is -2.58. The van der Waals surface area contributed by atoms with Crippen molar-refractivity contribution in [2.75, 3.05) is 39.3 Å². The molecule has 1 unspecified atom stereocenters. The van der Waals surface area contributed by atoms with Gasteiger partial charge in [-0.1, -0.05) is 0 Å². The lowest BCUT2D eigenvalue weighted by molar-refractivity contribution is -0.135. The number of piperidine rings is 1. The summed E-state index contributed by atoms with van der Waals surface area (Å²) in [5, 5.41) is 0. The standard InChI is InChI=1S/C21H35N3O3/c1-5-24(14(3)4)19(25)18-16-10-22(11-17(16)18)15-7-8-21(9-15)12-23(13-21)20(26)27-6-2/h14-18H,5-13H2,1-4H3/t15?,16-,17+,18+. The van der Waals surface area contributed by atoms with Crippen LogP contribution in [0.5, 0.6) is 0 Å². The highest BCUT2D eigenvalue weighted by Gasteiger charge is 2.62. The maximum atomic E-state index is 12.8. The average Bonchev–Trinajstić information content (AvgIpc) is 2.97. The number of hydrogen-bond donors (Lipinski definition) is 0. The molecule has 0 aromatic carbocycles. The first kappa shape index (κ1) is 19.0. The van der Waals surface area contributed by atoms with Crippen molar-refractivity contribution in [1.82, 2.24) is 14.7 Å². The van der Waals surface area contributed by atoms with Crippen LogP contribution >= 0.6 is 0 Å². The molecule has 4 fully saturated rings. The Kier molecular flexibility index (Phi) is 4.90. The first-order valence-corrected chi connectivity index (χ1v) is 10.9. The highest BCUT2D eigenvalue weighted by Crippen LogP contribution is 2.55. The van der Waals surface area contributed by atoms with Gasteiger partial charge in [0.25, 0.3) is 0 Å². The van der Waals surface area contributed by atoms with Crippen LogP contribution in [0.25, 0.3) is 0 Å². The van der Waals surface area contributed by atoms with Gasteiger partial charge < -0.3 is 14.5 Å². The highest BCUT2D eigenvalue weighted by atomic mass is 16.6. The summed E-state index contributed by atoms with van der Waals surface area (Å²) in [7, 11) is 0. The number of carbonyl (C=O) groups is 2. The minimum Gasteiger partial charge on any atom is -0.450 e. The van der Waals surface area contributed by atoms with Crippen LogP contribution in [0.4, 0.5) is 4.79 Å². The molecule has 2 saturated heterocycles. The summed E-state index contributed by atoms with van der Waals surface area (Å²) >= 11 is 0. The quantitative estimate of drug-likeness (QED) is 0.738. The summed E-state index contributed by atoms with van der Waals surface area (Å²) in [6.45, 7) is 13.4. The molecule has 0 bridgehead atoms. The maximum absolute atomic E-state index is 12.8. The van der Waals surface area contributed by atoms with Gasteiger partial charge in [-0.15, -0.1) is 0 Å². The first-order chi connectivity index (χ1) is 12.9. The first-order valence-electron chi connectivity index (χ1n) is 10.9. The van der Waals surface area contributed by atoms with Gasteiger partial charge in [0.15, 0.2) is 0 Å². The zero-order valence-electron chi connectivity index (χ0n) is 17.3. The second-order valence-corrected chi connectivity index (χ2v) is 9.48. The van der Waals surface area contributed by atoms with Crippen LogP contribution in [0.1, 0.15) is 47.0 Å². The van der Waals surface area contributed by atoms with Crippen LogP contribution in [0, 0.1) is 23.2 Å². The van der Waals surface area contributed by atoms with E-state index >= 15 is 0 Å². The Morgan fingerprint density at radius 2 is 1.85 bits per heavy atom. The van der Waals surface area contributed by atoms with Gasteiger partial charge >= 0.3 is 6.09 Å². The molecule has 0 radical (unpaired) electrons. The van der Waals surface area contributed by atoms with Gasteiger partial charge in [0.2, 0.25) is 5.91 Å². The summed E-state index contributed by atoms with van der Waals surface area (Å²) < 4.78 is 5.12. The molecule has 4 rings (SSSR count). The molecule has 4 atom stereocenters. The molecule has 0 aromatic heterocycles. The Balaban J connectivity index is 1.25. The van der Waals surface area contributed by atoms with Crippen molar-refractivity contribution in [1.29, 1.82) is 0 Å². The zero-order chi connectivity index (χ0) is 19.3. The smallest absolute Gasteiger partial charge is 0.409 e. The van der Waals surface area contributed by atoms with Crippen molar-refractivity contribution in [3.05, 3.63) is 0 Å². The predicted octanol–water partition coefficient (Wildman–Crippen LogP) is 2.43. The van der Waals surface area contributed by atoms with Crippen molar-refractivity contribution >= 4 is 12.0 Å². The lowest BCUT2D eigenvalue weighted by atomic mass is 9.78. The third-order valence-corrected chi connectivity index (χ3v) is 7.53. The zero-order valence-corrected chi connectivity index (χ0v) is 17.3. The number of hydrogen-bond acceptors (Lipinski definition) is 4. The van der Waals surface area contributed by atoms with Crippen LogP contribution in [-0.4, -0.2) is 78.1 Å². The van der Waals surface area contributed by atoms with E-state index < -0.39 is 0 Å². The SMILES string of the molecule is CCOC(=O)N1CC2(CCC(N3C[C@@H]4[C@H](C3)[C@H]4C(=O)N(CC)C(C)C)C2)C1. The van der Waals surface area contributed by atoms with Crippen LogP contribution in [-0.2, 0) is 9.53 Å². The molecular weight excluding hydrogens is 342 g/mol. The lowest BCUT2D eigenvalue weighted by Gasteiger charge is -2.47. The van der Waals surface area contributed by atoms with E-state index in [1.165, 1.54) is 19.3 Å². The molecule has 2 amide bonds. The largest absolute Gasteiger partial charge is 0.450 e. The molecule has 2 saturated carbocycles. The van der Waals surface area contributed by atoms with E-state index in [9.17, 15) is 9.59 Å². The van der Waals surface area contributed by atoms with E-state index in [1.54, 1.807) is 0 Å². The summed E-state index contributed by atoms with van der Waals surface area (Å²) in [5.74, 6) is 1.83. The third kappa shape index (κ3) is 3.24. The van der Waals surface area contributed by atoms with Crippen molar-refractivity contribution < 1.29 is 14.3 Å². The highest BCUT2D eigenvalue weighted by molar-refractivity contribution is 5.83. The summed E-state index contributed by atoms with van der Waals surface area (Å²) in [6.07, 6.45) is 3.51. The molecular formula is C21H35N3O3. The Hall–Kier alpha value is -1.30. The van der Waals surface area contributed by atoms with Gasteiger partial charge in [-0.25, -0.2) is 4.79 Å². The molecule has 2 aliphatic carbocycles. The Bertz CT molecular complexity index is 589. The minimum atomic E-state index is -0.152. The molecule has 4 aliphatic rings. The molecule has 152 valence electrons. The molecule has 2 heterocycles. The molecule has 27 heavy (non-hydrogen) atoms. The third-order valence-electron chi connectivity index (χ3n) is 7.53. The molecule has 1 spiro atoms. The molecule has 6 nitrogen and oxygen atoms in total. The number of rotatable bonds is 5. The fourth-order valence-corrected chi connectivity index (χ4v) is 6.07. The Morgan fingerprint density at radius 1 is 1.19 bits per heavy atom. The van der Waals surface area contributed by atoms with Crippen molar-refractivity contribution in [2.45, 2.75) is 59.0 Å². The van der Waals surface area contributed by atoms with E-state index in [-0.39, 0.29) is 12.0 Å². The number of likely N-dealkylation sites (tertiary alicyclic amines) is 2. The van der Waals surface area contributed by atoms with Crippen LogP contribution in [0.15, 0.2) is 0 Å². The summed E-state index contributed by atoms with van der Waals surface area (Å²) in [5.41, 5.74) is 0.329. The van der Waals surface area contributed by atoms with Crippen molar-refractivity contribution in [3.63, 3.8) is 0 Å². The second-order valence-electron chi connectivity index (χ2n) is 9.48. The van der Waals surface area contributed by atoms with Crippen LogP contribution < -0.4 is 0 Å². The molecule has 2 aliphatic heterocycles. The number of fused-ring (bicyclic) bond motifs is 1. The number of nitrogens with zero attached hydrogens (tertiary/aromatic N) is 3. The van der Waals surface area contributed by atoms with Gasteiger partial charge in [-0.05, 0) is 58.8 Å². The fraction of sp³-hybridized carbons (Fsp3) is 0.905. The summed E-state index contributed by atoms with van der Waals surface area (Å²) in [6, 6.07) is 0.945. The van der Waals surface area contributed by atoms with Gasteiger partial charge in [0, 0.05) is 56.1 Å². The van der Waals surface area contributed by atoms with E-state index in [2.05, 4.69) is 25.7 Å². The Morgan fingerprint density at radius 3 is 2.41 bits per heavy atom. The molecule has 0 aromatic rings. The van der Waals surface area contributed by atoms with Crippen molar-refractivity contribution in [3.8, 4) is 0 Å². The van der Waals surface area contributed by atoms with Gasteiger partial charge in [-0.3, -0.25) is 9.69 Å². The summed E-state index contributed by atoms with van der Waals surface area (Å²) in [4.78, 5) is 31.2. The second kappa shape index (κ2) is 6.94. The number of carbonyl (C=O) groups excluding carboxylic acids is 2. The number of amides is 2. The van der Waals surface area contributed by atoms with Crippen LogP contribution in [0.3, 0.4) is 0 Å². The average molecular weight is 378 g/mol. The minimum absolute atomic E-state index is 0.152. The molecule has 0 N–H and O–H groups in total.